The molecule has 15 heavy (non-hydrogen) atoms. The van der Waals surface area contributed by atoms with Crippen LogP contribution >= 0.6 is 0 Å². The van der Waals surface area contributed by atoms with Crippen molar-refractivity contribution in [3.8, 4) is 0 Å². The summed E-state index contributed by atoms with van der Waals surface area (Å²) in [5.74, 6) is 0. The Morgan fingerprint density at radius 3 is 2.67 bits per heavy atom. The van der Waals surface area contributed by atoms with Crippen LogP contribution in [0, 0.1) is 0 Å². The summed E-state index contributed by atoms with van der Waals surface area (Å²) < 4.78 is 0. The van der Waals surface area contributed by atoms with Crippen molar-refractivity contribution in [3.05, 3.63) is 0 Å². The van der Waals surface area contributed by atoms with Gasteiger partial charge in [-0.3, -0.25) is 0 Å². The van der Waals surface area contributed by atoms with E-state index in [-0.39, 0.29) is 5.54 Å². The number of nitrogens with one attached hydrogen (secondary N) is 1. The first-order valence-corrected chi connectivity index (χ1v) is 6.34. The first-order valence-electron chi connectivity index (χ1n) is 6.34. The van der Waals surface area contributed by atoms with Crippen LogP contribution in [-0.4, -0.2) is 48.3 Å². The molecule has 3 heteroatoms. The van der Waals surface area contributed by atoms with Crippen molar-refractivity contribution in [1.29, 1.82) is 0 Å². The summed E-state index contributed by atoms with van der Waals surface area (Å²) in [5, 5.41) is 12.8. The maximum absolute atomic E-state index is 9.17. The van der Waals surface area contributed by atoms with E-state index in [0.29, 0.717) is 6.61 Å². The van der Waals surface area contributed by atoms with E-state index < -0.39 is 0 Å². The van der Waals surface area contributed by atoms with Gasteiger partial charge in [0.25, 0.3) is 0 Å². The third kappa shape index (κ3) is 3.74. The van der Waals surface area contributed by atoms with Crippen LogP contribution in [0.4, 0.5) is 0 Å². The minimum atomic E-state index is 0.202. The predicted molar refractivity (Wildman–Crippen MR) is 64.1 cm³/mol. The number of nitrogens with zero attached hydrogens (tertiary/aromatic N) is 1. The molecule has 1 saturated heterocycles. The number of hydrogen-bond donors (Lipinski definition) is 2. The number of aliphatic hydroxyl groups excluding tert-OH is 1. The molecule has 1 atom stereocenters. The van der Waals surface area contributed by atoms with Crippen molar-refractivity contribution in [1.82, 2.24) is 10.2 Å². The molecule has 0 radical (unpaired) electrons. The van der Waals surface area contributed by atoms with Crippen LogP contribution in [0.1, 0.15) is 39.5 Å². The van der Waals surface area contributed by atoms with Crippen LogP contribution in [0.3, 0.4) is 0 Å². The molecule has 1 aliphatic heterocycles. The molecule has 0 spiro atoms. The summed E-state index contributed by atoms with van der Waals surface area (Å²) in [6, 6.07) is 0. The maximum atomic E-state index is 9.17. The van der Waals surface area contributed by atoms with E-state index in [2.05, 4.69) is 24.1 Å². The molecule has 2 N–H and O–H groups in total. The molecule has 90 valence electrons. The van der Waals surface area contributed by atoms with Gasteiger partial charge in [-0.2, -0.15) is 0 Å². The summed E-state index contributed by atoms with van der Waals surface area (Å²) in [5.41, 5.74) is 0.202. The lowest BCUT2D eigenvalue weighted by Gasteiger charge is -2.33. The average Bonchev–Trinajstić information content (AvgIpc) is 2.42. The van der Waals surface area contributed by atoms with E-state index in [1.807, 2.05) is 0 Å². The van der Waals surface area contributed by atoms with E-state index in [4.69, 9.17) is 0 Å². The molecule has 1 unspecified atom stereocenters. The van der Waals surface area contributed by atoms with Crippen molar-refractivity contribution in [3.63, 3.8) is 0 Å². The lowest BCUT2D eigenvalue weighted by molar-refractivity contribution is 0.190. The quantitative estimate of drug-likeness (QED) is 0.722. The van der Waals surface area contributed by atoms with Gasteiger partial charge in [-0.25, -0.2) is 0 Å². The van der Waals surface area contributed by atoms with Gasteiger partial charge in [0.2, 0.25) is 0 Å². The summed E-state index contributed by atoms with van der Waals surface area (Å²) in [4.78, 5) is 2.51. The Morgan fingerprint density at radius 2 is 2.07 bits per heavy atom. The minimum absolute atomic E-state index is 0.202. The second-order valence-electron chi connectivity index (χ2n) is 4.57. The highest BCUT2D eigenvalue weighted by molar-refractivity contribution is 4.90. The molecule has 1 rings (SSSR count). The number of likely N-dealkylation sites (tertiary alicyclic amines) is 1. The van der Waals surface area contributed by atoms with Gasteiger partial charge in [0, 0.05) is 12.1 Å². The molecule has 0 aliphatic carbocycles. The number of hydrogen-bond acceptors (Lipinski definition) is 3. The molecule has 3 nitrogen and oxygen atoms in total. The fourth-order valence-electron chi connectivity index (χ4n) is 2.67. The fourth-order valence-corrected chi connectivity index (χ4v) is 2.67. The predicted octanol–water partition coefficient (Wildman–Crippen LogP) is 1.22. The second-order valence-corrected chi connectivity index (χ2v) is 4.57. The van der Waals surface area contributed by atoms with Gasteiger partial charge in [0.15, 0.2) is 0 Å². The molecule has 0 aromatic carbocycles. The highest BCUT2D eigenvalue weighted by atomic mass is 16.3. The maximum Gasteiger partial charge on any atom is 0.0448 e. The highest BCUT2D eigenvalue weighted by Gasteiger charge is 2.30. The Kier molecular flexibility index (Phi) is 5.58. The SMILES string of the molecule is CCNC1(CCO)CCCN(CC)CC1. The largest absolute Gasteiger partial charge is 0.396 e. The third-order valence-corrected chi connectivity index (χ3v) is 3.63. The van der Waals surface area contributed by atoms with Gasteiger partial charge in [0.05, 0.1) is 0 Å². The van der Waals surface area contributed by atoms with Gasteiger partial charge in [-0.05, 0) is 51.9 Å². The van der Waals surface area contributed by atoms with Gasteiger partial charge in [-0.15, -0.1) is 0 Å². The van der Waals surface area contributed by atoms with Crippen LogP contribution in [0.2, 0.25) is 0 Å². The topological polar surface area (TPSA) is 35.5 Å². The van der Waals surface area contributed by atoms with Crippen molar-refractivity contribution in [2.24, 2.45) is 0 Å². The summed E-state index contributed by atoms with van der Waals surface area (Å²) in [7, 11) is 0. The standard InChI is InChI=1S/C12H26N2O/c1-3-13-12(8-11-15)6-5-9-14(4-2)10-7-12/h13,15H,3-11H2,1-2H3. The number of rotatable bonds is 5. The van der Waals surface area contributed by atoms with E-state index >= 15 is 0 Å². The fraction of sp³-hybridized carbons (Fsp3) is 1.00. The molecule has 1 fully saturated rings. The van der Waals surface area contributed by atoms with Crippen LogP contribution in [0.15, 0.2) is 0 Å². The van der Waals surface area contributed by atoms with Crippen molar-refractivity contribution in [2.45, 2.75) is 45.1 Å². The molecular formula is C12H26N2O. The van der Waals surface area contributed by atoms with Crippen molar-refractivity contribution >= 4 is 0 Å². The van der Waals surface area contributed by atoms with Crippen LogP contribution in [-0.2, 0) is 0 Å². The van der Waals surface area contributed by atoms with Gasteiger partial charge >= 0.3 is 0 Å². The lowest BCUT2D eigenvalue weighted by atomic mass is 9.87. The summed E-state index contributed by atoms with van der Waals surface area (Å²) >= 11 is 0. The van der Waals surface area contributed by atoms with E-state index in [1.165, 1.54) is 32.4 Å². The summed E-state index contributed by atoms with van der Waals surface area (Å²) in [6.45, 7) is 9.24. The van der Waals surface area contributed by atoms with E-state index in [9.17, 15) is 5.11 Å². The molecule has 0 saturated carbocycles. The number of aliphatic hydroxyl groups is 1. The van der Waals surface area contributed by atoms with E-state index in [1.54, 1.807) is 0 Å². The Bertz CT molecular complexity index is 167. The highest BCUT2D eigenvalue weighted by Crippen LogP contribution is 2.25. The smallest absolute Gasteiger partial charge is 0.0448 e. The zero-order chi connectivity index (χ0) is 11.1. The van der Waals surface area contributed by atoms with Gasteiger partial charge < -0.3 is 15.3 Å². The third-order valence-electron chi connectivity index (χ3n) is 3.63. The molecule has 0 aromatic heterocycles. The van der Waals surface area contributed by atoms with Crippen LogP contribution in [0.25, 0.3) is 0 Å². The first kappa shape index (κ1) is 12.9. The van der Waals surface area contributed by atoms with E-state index in [0.717, 1.165) is 19.5 Å². The molecule has 0 aromatic rings. The minimum Gasteiger partial charge on any atom is -0.396 e. The molecular weight excluding hydrogens is 188 g/mol. The zero-order valence-electron chi connectivity index (χ0n) is 10.3. The average molecular weight is 214 g/mol. The Labute approximate surface area is 93.9 Å². The van der Waals surface area contributed by atoms with Gasteiger partial charge in [0.1, 0.15) is 0 Å². The van der Waals surface area contributed by atoms with Crippen molar-refractivity contribution in [2.75, 3.05) is 32.8 Å². The molecule has 1 aliphatic rings. The molecule has 1 heterocycles. The van der Waals surface area contributed by atoms with Gasteiger partial charge in [-0.1, -0.05) is 13.8 Å². The Hall–Kier alpha value is -0.120. The first-order chi connectivity index (χ1) is 7.26. The molecule has 0 amide bonds. The van der Waals surface area contributed by atoms with Crippen molar-refractivity contribution < 1.29 is 5.11 Å². The lowest BCUT2D eigenvalue weighted by Crippen LogP contribution is -2.46. The normalized spacial score (nSPS) is 29.0. The Morgan fingerprint density at radius 1 is 1.27 bits per heavy atom. The molecule has 0 bridgehead atoms. The van der Waals surface area contributed by atoms with Crippen LogP contribution in [0.5, 0.6) is 0 Å². The monoisotopic (exact) mass is 214 g/mol. The summed E-state index contributed by atoms with van der Waals surface area (Å²) in [6.07, 6.45) is 4.53. The zero-order valence-corrected chi connectivity index (χ0v) is 10.3. The van der Waals surface area contributed by atoms with Crippen LogP contribution < -0.4 is 5.32 Å². The Balaban J connectivity index is 2.55. The second kappa shape index (κ2) is 6.46.